The van der Waals surface area contributed by atoms with Crippen LogP contribution in [0.4, 0.5) is 4.79 Å². The minimum Gasteiger partial charge on any atom is -0.469 e. The number of unbranched alkanes of at least 4 members (excludes halogenated alkanes) is 3. The highest BCUT2D eigenvalue weighted by Crippen LogP contribution is 2.11. The molecule has 1 amide bonds. The maximum absolute atomic E-state index is 11.5. The molecule has 0 aliphatic heterocycles. The number of hydrogen-bond donors (Lipinski definition) is 1. The van der Waals surface area contributed by atoms with Gasteiger partial charge in [-0.3, -0.25) is 4.79 Å². The fourth-order valence-electron chi connectivity index (χ4n) is 2.37. The number of methoxy groups -OCH3 is 1. The van der Waals surface area contributed by atoms with Crippen LogP contribution in [-0.2, 0) is 27.1 Å². The van der Waals surface area contributed by atoms with Gasteiger partial charge in [-0.1, -0.05) is 37.1 Å². The van der Waals surface area contributed by atoms with Crippen LogP contribution in [0.25, 0.3) is 0 Å². The summed E-state index contributed by atoms with van der Waals surface area (Å²) in [5, 5.41) is 2.78. The fraction of sp³-hybridized carbons (Fsp3) is 0.600. The van der Waals surface area contributed by atoms with E-state index >= 15 is 0 Å². The van der Waals surface area contributed by atoms with Gasteiger partial charge in [-0.15, -0.1) is 0 Å². The van der Waals surface area contributed by atoms with Gasteiger partial charge in [0.05, 0.1) is 13.5 Å². The molecule has 25 heavy (non-hydrogen) atoms. The van der Waals surface area contributed by atoms with Crippen LogP contribution < -0.4 is 5.32 Å². The number of hydrogen-bond acceptors (Lipinski definition) is 4. The van der Waals surface area contributed by atoms with Crippen LogP contribution in [0, 0.1) is 0 Å². The molecule has 0 saturated carbocycles. The molecule has 0 bridgehead atoms. The highest BCUT2D eigenvalue weighted by atomic mass is 16.6. The predicted molar refractivity (Wildman–Crippen MR) is 98.6 cm³/mol. The predicted octanol–water partition coefficient (Wildman–Crippen LogP) is 4.03. The molecule has 1 rings (SSSR count). The van der Waals surface area contributed by atoms with Crippen LogP contribution in [0.2, 0.25) is 0 Å². The number of carbonyl (C=O) groups excluding carboxylic acids is 2. The number of benzene rings is 1. The topological polar surface area (TPSA) is 64.6 Å². The van der Waals surface area contributed by atoms with Gasteiger partial charge in [0.2, 0.25) is 0 Å². The smallest absolute Gasteiger partial charge is 0.407 e. The Kier molecular flexibility index (Phi) is 9.03. The maximum Gasteiger partial charge on any atom is 0.407 e. The molecule has 1 N–H and O–H groups in total. The van der Waals surface area contributed by atoms with E-state index in [4.69, 9.17) is 4.74 Å². The van der Waals surface area contributed by atoms with Crippen molar-refractivity contribution in [2.24, 2.45) is 0 Å². The van der Waals surface area contributed by atoms with Gasteiger partial charge in [0.1, 0.15) is 5.60 Å². The molecule has 0 aliphatic rings. The van der Waals surface area contributed by atoms with Crippen LogP contribution in [0.1, 0.15) is 57.6 Å². The molecule has 1 aromatic carbocycles. The van der Waals surface area contributed by atoms with Gasteiger partial charge in [0.15, 0.2) is 0 Å². The summed E-state index contributed by atoms with van der Waals surface area (Å²) < 4.78 is 9.85. The van der Waals surface area contributed by atoms with Crippen LogP contribution in [-0.4, -0.2) is 31.3 Å². The minimum absolute atomic E-state index is 0.215. The Labute approximate surface area is 151 Å². The second-order valence-electron chi connectivity index (χ2n) is 7.16. The summed E-state index contributed by atoms with van der Waals surface area (Å²) in [5.41, 5.74) is 1.81. The van der Waals surface area contributed by atoms with E-state index in [0.29, 0.717) is 13.0 Å². The van der Waals surface area contributed by atoms with Gasteiger partial charge in [-0.25, -0.2) is 4.79 Å². The molecule has 5 nitrogen and oxygen atoms in total. The minimum atomic E-state index is -0.448. The zero-order chi connectivity index (χ0) is 18.7. The first-order valence-electron chi connectivity index (χ1n) is 8.91. The average Bonchev–Trinajstić information content (AvgIpc) is 2.53. The third kappa shape index (κ3) is 10.4. The Hall–Kier alpha value is -2.04. The first-order valence-corrected chi connectivity index (χ1v) is 8.91. The molecule has 0 unspecified atom stereocenters. The van der Waals surface area contributed by atoms with Crippen molar-refractivity contribution in [3.63, 3.8) is 0 Å². The van der Waals surface area contributed by atoms with Crippen LogP contribution >= 0.6 is 0 Å². The number of aryl methyl sites for hydroxylation is 1. The molecule has 0 saturated heterocycles. The summed E-state index contributed by atoms with van der Waals surface area (Å²) in [7, 11) is 1.40. The largest absolute Gasteiger partial charge is 0.469 e. The number of alkyl carbamates (subject to hydrolysis) is 1. The normalized spacial score (nSPS) is 11.0. The lowest BCUT2D eigenvalue weighted by atomic mass is 10.0. The van der Waals surface area contributed by atoms with Crippen molar-refractivity contribution in [3.05, 3.63) is 35.4 Å². The van der Waals surface area contributed by atoms with Gasteiger partial charge in [-0.2, -0.15) is 0 Å². The zero-order valence-corrected chi connectivity index (χ0v) is 15.9. The van der Waals surface area contributed by atoms with Crippen molar-refractivity contribution in [2.45, 2.75) is 64.9 Å². The van der Waals surface area contributed by atoms with Crippen LogP contribution in [0.5, 0.6) is 0 Å². The Morgan fingerprint density at radius 3 is 2.16 bits per heavy atom. The highest BCUT2D eigenvalue weighted by Gasteiger charge is 2.15. The SMILES string of the molecule is COC(=O)Cc1ccc(CCCCCCNC(=O)OC(C)(C)C)cc1. The summed E-state index contributed by atoms with van der Waals surface area (Å²) in [4.78, 5) is 22.7. The number of amides is 1. The number of ether oxygens (including phenoxy) is 2. The molecular weight excluding hydrogens is 318 g/mol. The van der Waals surface area contributed by atoms with E-state index in [1.807, 2.05) is 32.9 Å². The molecule has 0 heterocycles. The van der Waals surface area contributed by atoms with Crippen molar-refractivity contribution in [3.8, 4) is 0 Å². The van der Waals surface area contributed by atoms with Gasteiger partial charge in [0.25, 0.3) is 0 Å². The summed E-state index contributed by atoms with van der Waals surface area (Å²) >= 11 is 0. The van der Waals surface area contributed by atoms with Crippen molar-refractivity contribution >= 4 is 12.1 Å². The molecule has 0 fully saturated rings. The quantitative estimate of drug-likeness (QED) is 0.540. The Balaban J connectivity index is 2.10. The second-order valence-corrected chi connectivity index (χ2v) is 7.16. The maximum atomic E-state index is 11.5. The summed E-state index contributed by atoms with van der Waals surface area (Å²) in [6, 6.07) is 8.11. The van der Waals surface area contributed by atoms with Crippen LogP contribution in [0.15, 0.2) is 24.3 Å². The van der Waals surface area contributed by atoms with Gasteiger partial charge in [0, 0.05) is 6.54 Å². The van der Waals surface area contributed by atoms with Gasteiger partial charge >= 0.3 is 12.1 Å². The lowest BCUT2D eigenvalue weighted by molar-refractivity contribution is -0.139. The molecule has 0 radical (unpaired) electrons. The third-order valence-corrected chi connectivity index (χ3v) is 3.66. The standard InChI is InChI=1S/C20H31NO4/c1-20(2,3)25-19(23)21-14-8-6-5-7-9-16-10-12-17(13-11-16)15-18(22)24-4/h10-13H,5-9,14-15H2,1-4H3,(H,21,23). The number of nitrogens with one attached hydrogen (secondary N) is 1. The number of esters is 1. The Morgan fingerprint density at radius 2 is 1.56 bits per heavy atom. The lowest BCUT2D eigenvalue weighted by Crippen LogP contribution is -2.32. The molecular formula is C20H31NO4. The number of rotatable bonds is 9. The Morgan fingerprint density at radius 1 is 0.960 bits per heavy atom. The molecule has 1 aromatic rings. The van der Waals surface area contributed by atoms with Crippen LogP contribution in [0.3, 0.4) is 0 Å². The monoisotopic (exact) mass is 349 g/mol. The van der Waals surface area contributed by atoms with Gasteiger partial charge < -0.3 is 14.8 Å². The van der Waals surface area contributed by atoms with E-state index in [1.54, 1.807) is 0 Å². The molecule has 0 aromatic heterocycles. The third-order valence-electron chi connectivity index (χ3n) is 3.66. The first kappa shape index (κ1) is 21.0. The van der Waals surface area contributed by atoms with E-state index in [0.717, 1.165) is 37.7 Å². The summed E-state index contributed by atoms with van der Waals surface area (Å²) in [5.74, 6) is -0.215. The lowest BCUT2D eigenvalue weighted by Gasteiger charge is -2.19. The van der Waals surface area contributed by atoms with E-state index in [2.05, 4.69) is 22.2 Å². The van der Waals surface area contributed by atoms with E-state index < -0.39 is 5.60 Å². The summed E-state index contributed by atoms with van der Waals surface area (Å²) in [6.07, 6.45) is 5.27. The van der Waals surface area contributed by atoms with E-state index in [9.17, 15) is 9.59 Å². The van der Waals surface area contributed by atoms with Crippen molar-refractivity contribution in [2.75, 3.05) is 13.7 Å². The summed E-state index contributed by atoms with van der Waals surface area (Å²) in [6.45, 7) is 6.22. The molecule has 0 aliphatic carbocycles. The highest BCUT2D eigenvalue weighted by molar-refractivity contribution is 5.72. The van der Waals surface area contributed by atoms with Crippen molar-refractivity contribution < 1.29 is 19.1 Å². The Bertz CT molecular complexity index is 532. The molecule has 140 valence electrons. The average molecular weight is 349 g/mol. The van der Waals surface area contributed by atoms with Crippen molar-refractivity contribution in [1.29, 1.82) is 0 Å². The molecule has 0 spiro atoms. The number of carbonyl (C=O) groups is 2. The fourth-order valence-corrected chi connectivity index (χ4v) is 2.37. The van der Waals surface area contributed by atoms with Gasteiger partial charge in [-0.05, 0) is 51.2 Å². The molecule has 0 atom stereocenters. The molecule has 5 heteroatoms. The van der Waals surface area contributed by atoms with E-state index in [1.165, 1.54) is 12.7 Å². The second kappa shape index (κ2) is 10.7. The first-order chi connectivity index (χ1) is 11.8. The van der Waals surface area contributed by atoms with Crippen molar-refractivity contribution in [1.82, 2.24) is 5.32 Å². The van der Waals surface area contributed by atoms with E-state index in [-0.39, 0.29) is 12.1 Å². The zero-order valence-electron chi connectivity index (χ0n) is 15.9.